The molecule has 0 spiro atoms. The molecule has 192 valence electrons. The van der Waals surface area contributed by atoms with E-state index in [1.807, 2.05) is 0 Å². The van der Waals surface area contributed by atoms with E-state index in [-0.39, 0.29) is 0 Å². The fraction of sp³-hybridized carbons (Fsp3) is 0.438. The lowest BCUT2D eigenvalue weighted by Gasteiger charge is -2.34. The molecule has 0 radical (unpaired) electrons. The molecule has 0 saturated carbocycles. The van der Waals surface area contributed by atoms with Gasteiger partial charge < -0.3 is 20.0 Å². The molecule has 4 heteroatoms. The van der Waals surface area contributed by atoms with Crippen molar-refractivity contribution in [1.82, 2.24) is 0 Å². The van der Waals surface area contributed by atoms with Crippen LogP contribution in [0.3, 0.4) is 0 Å². The first-order chi connectivity index (χ1) is 17.3. The van der Waals surface area contributed by atoms with Crippen LogP contribution in [0.1, 0.15) is 56.2 Å². The van der Waals surface area contributed by atoms with Gasteiger partial charge >= 0.3 is 0 Å². The van der Waals surface area contributed by atoms with Crippen LogP contribution >= 0.6 is 0 Å². The van der Waals surface area contributed by atoms with Gasteiger partial charge in [0.15, 0.2) is 0 Å². The first kappa shape index (κ1) is 25.9. The third kappa shape index (κ3) is 5.18. The van der Waals surface area contributed by atoms with Gasteiger partial charge in [-0.1, -0.05) is 44.9 Å². The van der Waals surface area contributed by atoms with Gasteiger partial charge in [-0.3, -0.25) is 0 Å². The molecule has 0 aliphatic heterocycles. The van der Waals surface area contributed by atoms with Gasteiger partial charge in [-0.05, 0) is 77.9 Å². The number of aryl methyl sites for hydroxylation is 1. The van der Waals surface area contributed by atoms with Crippen molar-refractivity contribution >= 4 is 28.4 Å². The fourth-order valence-electron chi connectivity index (χ4n) is 5.47. The number of nitrogens with zero attached hydrogens (tertiary/aromatic N) is 3. The Kier molecular flexibility index (Phi) is 8.13. The van der Waals surface area contributed by atoms with Gasteiger partial charge in [0.1, 0.15) is 0 Å². The Morgan fingerprint density at radius 1 is 0.778 bits per heavy atom. The Morgan fingerprint density at radius 2 is 1.42 bits per heavy atom. The predicted molar refractivity (Wildman–Crippen MR) is 160 cm³/mol. The summed E-state index contributed by atoms with van der Waals surface area (Å²) in [4.78, 5) is 7.30. The van der Waals surface area contributed by atoms with E-state index in [1.54, 1.807) is 0 Å². The minimum Gasteiger partial charge on any atom is -0.376 e. The molecule has 0 bridgehead atoms. The van der Waals surface area contributed by atoms with Gasteiger partial charge in [0.05, 0.1) is 17.1 Å². The summed E-state index contributed by atoms with van der Waals surface area (Å²) in [5.74, 6) is 0. The zero-order valence-electron chi connectivity index (χ0n) is 23.4. The van der Waals surface area contributed by atoms with Crippen LogP contribution in [-0.2, 0) is 6.42 Å². The summed E-state index contributed by atoms with van der Waals surface area (Å²) in [5.41, 5.74) is 13.3. The highest BCUT2D eigenvalue weighted by atomic mass is 15.2. The van der Waals surface area contributed by atoms with E-state index in [0.29, 0.717) is 0 Å². The van der Waals surface area contributed by atoms with E-state index in [4.69, 9.17) is 0 Å². The quantitative estimate of drug-likeness (QED) is 0.234. The van der Waals surface area contributed by atoms with Crippen molar-refractivity contribution in [3.05, 3.63) is 65.2 Å². The Balaban J connectivity index is 1.85. The SMILES string of the molecule is CCCCN(CCCC)c1cc2c(c(N(C)C)c1N(C)C)Cc1cc(Nc3ccccc3)c(C)cc1-2. The predicted octanol–water partition coefficient (Wildman–Crippen LogP) is 7.85. The van der Waals surface area contributed by atoms with E-state index >= 15 is 0 Å². The van der Waals surface area contributed by atoms with E-state index in [0.717, 1.165) is 25.2 Å². The van der Waals surface area contributed by atoms with Crippen molar-refractivity contribution in [3.63, 3.8) is 0 Å². The van der Waals surface area contributed by atoms with Crippen LogP contribution in [0.4, 0.5) is 28.4 Å². The van der Waals surface area contributed by atoms with Crippen molar-refractivity contribution in [2.75, 3.05) is 61.3 Å². The number of fused-ring (bicyclic) bond motifs is 3. The zero-order chi connectivity index (χ0) is 25.8. The molecule has 0 fully saturated rings. The number of benzene rings is 3. The molecule has 4 nitrogen and oxygen atoms in total. The third-order valence-electron chi connectivity index (χ3n) is 7.32. The van der Waals surface area contributed by atoms with Crippen molar-refractivity contribution in [3.8, 4) is 11.1 Å². The van der Waals surface area contributed by atoms with Crippen molar-refractivity contribution in [2.45, 2.75) is 52.9 Å². The molecule has 36 heavy (non-hydrogen) atoms. The van der Waals surface area contributed by atoms with Crippen LogP contribution in [-0.4, -0.2) is 41.3 Å². The zero-order valence-corrected chi connectivity index (χ0v) is 23.4. The molecule has 0 heterocycles. The Labute approximate surface area is 218 Å². The second kappa shape index (κ2) is 11.3. The summed E-state index contributed by atoms with van der Waals surface area (Å²) in [6.07, 6.45) is 5.83. The largest absolute Gasteiger partial charge is 0.376 e. The highest BCUT2D eigenvalue weighted by Gasteiger charge is 2.29. The highest BCUT2D eigenvalue weighted by Crippen LogP contribution is 2.51. The molecule has 0 amide bonds. The molecule has 3 aromatic carbocycles. The molecule has 0 atom stereocenters. The van der Waals surface area contributed by atoms with Crippen LogP contribution in [0.25, 0.3) is 11.1 Å². The average molecular weight is 485 g/mol. The second-order valence-electron chi connectivity index (χ2n) is 10.6. The third-order valence-corrected chi connectivity index (χ3v) is 7.32. The molecule has 0 aromatic heterocycles. The number of hydrogen-bond acceptors (Lipinski definition) is 4. The van der Waals surface area contributed by atoms with Crippen LogP contribution in [0, 0.1) is 6.92 Å². The molecule has 1 N–H and O–H groups in total. The molecular weight excluding hydrogens is 440 g/mol. The Morgan fingerprint density at radius 3 is 2.00 bits per heavy atom. The van der Waals surface area contributed by atoms with E-state index in [1.165, 1.54) is 76.3 Å². The summed E-state index contributed by atoms with van der Waals surface area (Å²) in [6, 6.07) is 17.7. The first-order valence-electron chi connectivity index (χ1n) is 13.6. The smallest absolute Gasteiger partial charge is 0.0839 e. The van der Waals surface area contributed by atoms with E-state index in [2.05, 4.69) is 118 Å². The lowest BCUT2D eigenvalue weighted by molar-refractivity contribution is 0.677. The van der Waals surface area contributed by atoms with Crippen LogP contribution < -0.4 is 20.0 Å². The first-order valence-corrected chi connectivity index (χ1v) is 13.6. The minimum atomic E-state index is 0.965. The summed E-state index contributed by atoms with van der Waals surface area (Å²) in [7, 11) is 8.80. The molecule has 0 unspecified atom stereocenters. The molecule has 1 aliphatic rings. The van der Waals surface area contributed by atoms with Gasteiger partial charge in [0.25, 0.3) is 0 Å². The second-order valence-corrected chi connectivity index (χ2v) is 10.6. The van der Waals surface area contributed by atoms with Crippen LogP contribution in [0.15, 0.2) is 48.5 Å². The number of unbranched alkanes of at least 4 members (excludes halogenated alkanes) is 2. The number of nitrogens with one attached hydrogen (secondary N) is 1. The highest BCUT2D eigenvalue weighted by molar-refractivity contribution is 5.96. The summed E-state index contributed by atoms with van der Waals surface area (Å²) < 4.78 is 0. The summed E-state index contributed by atoms with van der Waals surface area (Å²) in [6.45, 7) is 9.02. The molecule has 4 rings (SSSR count). The lowest BCUT2D eigenvalue weighted by atomic mass is 9.98. The van der Waals surface area contributed by atoms with Crippen molar-refractivity contribution in [2.24, 2.45) is 0 Å². The number of para-hydroxylation sites is 1. The summed E-state index contributed by atoms with van der Waals surface area (Å²) in [5, 5.41) is 3.64. The lowest BCUT2D eigenvalue weighted by Crippen LogP contribution is -2.29. The Bertz CT molecular complexity index is 1170. The van der Waals surface area contributed by atoms with Crippen LogP contribution in [0.5, 0.6) is 0 Å². The molecular formula is C32H44N4. The maximum atomic E-state index is 3.64. The maximum absolute atomic E-state index is 3.64. The monoisotopic (exact) mass is 484 g/mol. The summed E-state index contributed by atoms with van der Waals surface area (Å²) >= 11 is 0. The standard InChI is InChI=1S/C32H44N4/c1-8-10-17-36(18-11-9-2)30-22-27-26-19-23(3)29(33-25-15-13-12-14-16-25)21-24(26)20-28(27)31(34(4)5)32(30)35(6)7/h12-16,19,21-22,33H,8-11,17-18,20H2,1-7H3. The topological polar surface area (TPSA) is 21.8 Å². The maximum Gasteiger partial charge on any atom is 0.0839 e. The number of hydrogen-bond donors (Lipinski definition) is 1. The number of anilines is 5. The molecule has 0 saturated heterocycles. The van der Waals surface area contributed by atoms with E-state index in [9.17, 15) is 0 Å². The van der Waals surface area contributed by atoms with Crippen molar-refractivity contribution < 1.29 is 0 Å². The van der Waals surface area contributed by atoms with Crippen LogP contribution in [0.2, 0.25) is 0 Å². The van der Waals surface area contributed by atoms with E-state index < -0.39 is 0 Å². The molecule has 3 aromatic rings. The normalized spacial score (nSPS) is 11.8. The van der Waals surface area contributed by atoms with Crippen molar-refractivity contribution in [1.29, 1.82) is 0 Å². The fourth-order valence-corrected chi connectivity index (χ4v) is 5.47. The minimum absolute atomic E-state index is 0.965. The Hall–Kier alpha value is -3.14. The van der Waals surface area contributed by atoms with Gasteiger partial charge in [-0.2, -0.15) is 0 Å². The van der Waals surface area contributed by atoms with Gasteiger partial charge in [-0.15, -0.1) is 0 Å². The average Bonchev–Trinajstić information content (AvgIpc) is 3.20. The number of rotatable bonds is 11. The van der Waals surface area contributed by atoms with Gasteiger partial charge in [-0.25, -0.2) is 0 Å². The molecule has 1 aliphatic carbocycles. The van der Waals surface area contributed by atoms with Gasteiger partial charge in [0, 0.05) is 59.1 Å². The van der Waals surface area contributed by atoms with Gasteiger partial charge in [0.2, 0.25) is 0 Å².